The van der Waals surface area contributed by atoms with Crippen molar-refractivity contribution in [1.82, 2.24) is 0 Å². The Morgan fingerprint density at radius 1 is 0.426 bits per heavy atom. The van der Waals surface area contributed by atoms with Crippen LogP contribution in [0.15, 0.2) is 0 Å². The third-order valence-electron chi connectivity index (χ3n) is 10.0. The van der Waals surface area contributed by atoms with Gasteiger partial charge in [0.1, 0.15) is 12.1 Å². The van der Waals surface area contributed by atoms with E-state index in [1.807, 2.05) is 0 Å². The molecule has 0 aliphatic carbocycles. The smallest absolute Gasteiger partial charge is 0.329 e. The largest absolute Gasteiger partial charge is 0.470 e. The number of hydrogen-bond donors (Lipinski definition) is 2. The summed E-state index contributed by atoms with van der Waals surface area (Å²) in [6, 6.07) is 0. The van der Waals surface area contributed by atoms with Gasteiger partial charge in [-0.25, -0.2) is 4.57 Å². The molecule has 5 nitrogen and oxygen atoms in total. The Bertz CT molecular complexity index is 653. The van der Waals surface area contributed by atoms with E-state index in [1.54, 1.807) is 0 Å². The quantitative estimate of drug-likeness (QED) is 0.0385. The van der Waals surface area contributed by atoms with E-state index < -0.39 is 13.4 Å². The SMILES string of the molecule is CCCCCCCCCCCCCCCCCCC(CCCCCCCCCCCCCCCCCC)(C[N+](C)(C)C)OP(=O)(O)O. The molecule has 0 saturated carbocycles. The Morgan fingerprint density at radius 3 is 0.830 bits per heavy atom. The Hall–Kier alpha value is 0.0700. The van der Waals surface area contributed by atoms with Crippen LogP contribution < -0.4 is 0 Å². The van der Waals surface area contributed by atoms with Gasteiger partial charge >= 0.3 is 7.82 Å². The topological polar surface area (TPSA) is 66.8 Å². The van der Waals surface area contributed by atoms with Crippen molar-refractivity contribution >= 4 is 7.82 Å². The van der Waals surface area contributed by atoms with E-state index in [1.165, 1.54) is 180 Å². The van der Waals surface area contributed by atoms with Gasteiger partial charge < -0.3 is 14.3 Å². The van der Waals surface area contributed by atoms with Crippen molar-refractivity contribution in [1.29, 1.82) is 0 Å². The van der Waals surface area contributed by atoms with E-state index in [0.717, 1.165) is 38.5 Å². The van der Waals surface area contributed by atoms with Crippen LogP contribution in [0.1, 0.15) is 232 Å². The molecule has 2 N–H and O–H groups in total. The lowest BCUT2D eigenvalue weighted by Crippen LogP contribution is -2.50. The van der Waals surface area contributed by atoms with Gasteiger partial charge in [-0.05, 0) is 12.8 Å². The molecule has 0 aromatic rings. The lowest BCUT2D eigenvalue weighted by atomic mass is 9.88. The molecule has 284 valence electrons. The second kappa shape index (κ2) is 32.0. The first kappa shape index (κ1) is 47.1. The highest BCUT2D eigenvalue weighted by atomic mass is 31.2. The van der Waals surface area contributed by atoms with Crippen LogP contribution in [-0.2, 0) is 9.09 Å². The highest BCUT2D eigenvalue weighted by Crippen LogP contribution is 2.46. The van der Waals surface area contributed by atoms with Gasteiger partial charge in [0.15, 0.2) is 0 Å². The second-order valence-electron chi connectivity index (χ2n) is 16.3. The average molecular weight is 689 g/mol. The van der Waals surface area contributed by atoms with E-state index >= 15 is 0 Å². The van der Waals surface area contributed by atoms with Crippen LogP contribution in [0.25, 0.3) is 0 Å². The fourth-order valence-electron chi connectivity index (χ4n) is 7.51. The van der Waals surface area contributed by atoms with Crippen LogP contribution in [0.2, 0.25) is 0 Å². The first-order valence-electron chi connectivity index (χ1n) is 21.1. The molecular formula is C41H87NO4P+. The predicted molar refractivity (Wildman–Crippen MR) is 207 cm³/mol. The molecule has 6 heteroatoms. The number of hydrogen-bond acceptors (Lipinski definition) is 2. The number of phosphoric acid groups is 1. The van der Waals surface area contributed by atoms with Crippen LogP contribution in [0.5, 0.6) is 0 Å². The number of quaternary nitrogens is 1. The molecule has 0 aliphatic heterocycles. The van der Waals surface area contributed by atoms with E-state index in [0.29, 0.717) is 11.0 Å². The van der Waals surface area contributed by atoms with Crippen molar-refractivity contribution < 1.29 is 23.4 Å². The van der Waals surface area contributed by atoms with Crippen molar-refractivity contribution in [2.75, 3.05) is 27.7 Å². The summed E-state index contributed by atoms with van der Waals surface area (Å²) < 4.78 is 18.5. The van der Waals surface area contributed by atoms with Gasteiger partial charge in [0.05, 0.1) is 21.1 Å². The van der Waals surface area contributed by atoms with Crippen molar-refractivity contribution in [2.45, 2.75) is 238 Å². The van der Waals surface area contributed by atoms with Crippen LogP contribution in [-0.4, -0.2) is 47.6 Å². The van der Waals surface area contributed by atoms with Crippen LogP contribution in [0.4, 0.5) is 0 Å². The number of rotatable bonds is 38. The Labute approximate surface area is 296 Å². The fourth-order valence-corrected chi connectivity index (χ4v) is 8.26. The molecule has 0 rings (SSSR count). The molecule has 0 radical (unpaired) electrons. The maximum Gasteiger partial charge on any atom is 0.470 e. The summed E-state index contributed by atoms with van der Waals surface area (Å²) in [5, 5.41) is 0. The Balaban J connectivity index is 4.20. The highest BCUT2D eigenvalue weighted by Gasteiger charge is 2.41. The lowest BCUT2D eigenvalue weighted by Gasteiger charge is -2.39. The third-order valence-corrected chi connectivity index (χ3v) is 10.7. The first-order valence-corrected chi connectivity index (χ1v) is 22.6. The van der Waals surface area contributed by atoms with Crippen LogP contribution in [0.3, 0.4) is 0 Å². The van der Waals surface area contributed by atoms with E-state index in [2.05, 4.69) is 35.0 Å². The summed E-state index contributed by atoms with van der Waals surface area (Å²) >= 11 is 0. The van der Waals surface area contributed by atoms with Crippen molar-refractivity contribution in [3.63, 3.8) is 0 Å². The summed E-state index contributed by atoms with van der Waals surface area (Å²) in [4.78, 5) is 19.8. The minimum absolute atomic E-state index is 0.635. The molecule has 0 heterocycles. The normalized spacial score (nSPS) is 12.7. The van der Waals surface area contributed by atoms with Gasteiger partial charge in [-0.15, -0.1) is 0 Å². The fraction of sp³-hybridized carbons (Fsp3) is 1.00. The molecule has 0 aromatic carbocycles. The molecule has 0 aliphatic rings. The average Bonchev–Trinajstić information content (AvgIpc) is 2.99. The molecular weight excluding hydrogens is 601 g/mol. The molecule has 47 heavy (non-hydrogen) atoms. The van der Waals surface area contributed by atoms with E-state index in [9.17, 15) is 14.4 Å². The molecule has 0 bridgehead atoms. The zero-order chi connectivity index (χ0) is 35.0. The van der Waals surface area contributed by atoms with Gasteiger partial charge in [-0.1, -0.05) is 219 Å². The summed E-state index contributed by atoms with van der Waals surface area (Å²) in [5.41, 5.74) is -0.747. The van der Waals surface area contributed by atoms with Crippen molar-refractivity contribution in [3.05, 3.63) is 0 Å². The standard InChI is InChI=1S/C41H86NO4P/c1-6-8-10-12-14-16-18-20-22-24-26-28-30-32-34-36-38-41(40-42(3,4)5,46-47(43,44)45)39-37-35-33-31-29-27-25-23-21-19-17-15-13-11-9-7-2/h6-40H2,1-5H3,(H-,43,44,45)/p+1. The minimum atomic E-state index is -4.57. The van der Waals surface area contributed by atoms with Crippen molar-refractivity contribution in [2.24, 2.45) is 0 Å². The third kappa shape index (κ3) is 35.7. The molecule has 0 spiro atoms. The molecule has 0 atom stereocenters. The van der Waals surface area contributed by atoms with Gasteiger partial charge in [0, 0.05) is 0 Å². The first-order chi connectivity index (χ1) is 22.5. The maximum absolute atomic E-state index is 12.1. The zero-order valence-electron chi connectivity index (χ0n) is 32.9. The van der Waals surface area contributed by atoms with Crippen molar-refractivity contribution in [3.8, 4) is 0 Å². The summed E-state index contributed by atoms with van der Waals surface area (Å²) in [5.74, 6) is 0. The van der Waals surface area contributed by atoms with Gasteiger partial charge in [-0.3, -0.25) is 4.52 Å². The molecule has 0 unspecified atom stereocenters. The summed E-state index contributed by atoms with van der Waals surface area (Å²) in [6.45, 7) is 5.20. The monoisotopic (exact) mass is 689 g/mol. The van der Waals surface area contributed by atoms with Gasteiger partial charge in [0.2, 0.25) is 0 Å². The molecule has 0 amide bonds. The van der Waals surface area contributed by atoms with E-state index in [-0.39, 0.29) is 0 Å². The Kier molecular flexibility index (Phi) is 32.1. The number of phosphoric ester groups is 1. The van der Waals surface area contributed by atoms with E-state index in [4.69, 9.17) is 4.52 Å². The summed E-state index contributed by atoms with van der Waals surface area (Å²) in [7, 11) is 1.76. The number of likely N-dealkylation sites (N-methyl/N-ethyl adjacent to an activating group) is 1. The minimum Gasteiger partial charge on any atom is -0.329 e. The lowest BCUT2D eigenvalue weighted by molar-refractivity contribution is -0.876. The summed E-state index contributed by atoms with van der Waals surface area (Å²) in [6.07, 6.45) is 44.0. The molecule has 0 saturated heterocycles. The number of unbranched alkanes of at least 4 members (excludes halogenated alkanes) is 30. The van der Waals surface area contributed by atoms with Gasteiger partial charge in [-0.2, -0.15) is 0 Å². The molecule has 0 fully saturated rings. The highest BCUT2D eigenvalue weighted by molar-refractivity contribution is 7.46. The Morgan fingerprint density at radius 2 is 0.638 bits per heavy atom. The van der Waals surface area contributed by atoms with Crippen LogP contribution in [0, 0.1) is 0 Å². The zero-order valence-corrected chi connectivity index (χ0v) is 33.7. The molecule has 0 aromatic heterocycles. The number of nitrogens with zero attached hydrogens (tertiary/aromatic N) is 1. The van der Waals surface area contributed by atoms with Gasteiger partial charge in [0.25, 0.3) is 0 Å². The second-order valence-corrected chi connectivity index (χ2v) is 17.5. The predicted octanol–water partition coefficient (Wildman–Crippen LogP) is 13.8. The van der Waals surface area contributed by atoms with Crippen LogP contribution >= 0.6 is 7.82 Å². The maximum atomic E-state index is 12.1.